The van der Waals surface area contributed by atoms with Crippen molar-refractivity contribution < 1.29 is 13.2 Å². The Bertz CT molecular complexity index is 1330. The maximum atomic E-state index is 13.8. The molecule has 0 spiro atoms. The summed E-state index contributed by atoms with van der Waals surface area (Å²) < 4.78 is 40.7. The van der Waals surface area contributed by atoms with Crippen LogP contribution < -0.4 is 0 Å². The molecular formula is C29H23F3. The van der Waals surface area contributed by atoms with Gasteiger partial charge in [0.2, 0.25) is 0 Å². The lowest BCUT2D eigenvalue weighted by Gasteiger charge is -2.19. The quantitative estimate of drug-likeness (QED) is 0.289. The van der Waals surface area contributed by atoms with Crippen LogP contribution >= 0.6 is 0 Å². The van der Waals surface area contributed by atoms with Crippen LogP contribution in [0.4, 0.5) is 13.2 Å². The van der Waals surface area contributed by atoms with Gasteiger partial charge in [0.1, 0.15) is 0 Å². The summed E-state index contributed by atoms with van der Waals surface area (Å²) in [6, 6.07) is 23.7. The number of hydrogen-bond acceptors (Lipinski definition) is 0. The highest BCUT2D eigenvalue weighted by Crippen LogP contribution is 2.38. The van der Waals surface area contributed by atoms with E-state index in [1.807, 2.05) is 67.6 Å². The molecular weight excluding hydrogens is 405 g/mol. The molecule has 2 atom stereocenters. The van der Waals surface area contributed by atoms with Crippen LogP contribution in [0.3, 0.4) is 0 Å². The monoisotopic (exact) mass is 428 g/mol. The van der Waals surface area contributed by atoms with E-state index in [2.05, 4.69) is 11.8 Å². The van der Waals surface area contributed by atoms with Gasteiger partial charge < -0.3 is 0 Å². The first-order chi connectivity index (χ1) is 15.4. The van der Waals surface area contributed by atoms with Gasteiger partial charge in [0.25, 0.3) is 0 Å². The van der Waals surface area contributed by atoms with Crippen LogP contribution in [0.2, 0.25) is 0 Å². The number of rotatable bonds is 4. The van der Waals surface area contributed by atoms with Crippen molar-refractivity contribution in [3.8, 4) is 23.0 Å². The Hall–Kier alpha value is -3.51. The summed E-state index contributed by atoms with van der Waals surface area (Å²) in [6.07, 6.45) is -0.476. The standard InChI is InChI=1S/C29H23F3/c1-19(17-20(2)30)24-8-5-6-10-26(24)29-23(15-14-22-7-3-4-9-25(22)29)13-11-21-12-16-27(31)28(32)18-21/h3-10,12,14-16,18-20H,17H2,1-2H3. The highest BCUT2D eigenvalue weighted by molar-refractivity contribution is 6.00. The second-order valence-corrected chi connectivity index (χ2v) is 8.09. The molecule has 0 saturated carbocycles. The normalized spacial score (nSPS) is 12.8. The molecule has 0 aliphatic heterocycles. The van der Waals surface area contributed by atoms with Crippen LogP contribution in [-0.4, -0.2) is 6.17 Å². The molecule has 0 aromatic heterocycles. The van der Waals surface area contributed by atoms with Crippen LogP contribution in [0.25, 0.3) is 21.9 Å². The highest BCUT2D eigenvalue weighted by Gasteiger charge is 2.18. The Morgan fingerprint density at radius 3 is 2.31 bits per heavy atom. The van der Waals surface area contributed by atoms with E-state index in [1.54, 1.807) is 6.92 Å². The van der Waals surface area contributed by atoms with Gasteiger partial charge in [-0.1, -0.05) is 73.4 Å². The SMILES string of the molecule is CC(F)CC(C)c1ccccc1-c1c(C#Cc2ccc(F)c(F)c2)ccc2ccccc12. The van der Waals surface area contributed by atoms with Crippen molar-refractivity contribution in [2.45, 2.75) is 32.4 Å². The molecule has 0 amide bonds. The summed E-state index contributed by atoms with van der Waals surface area (Å²) in [7, 11) is 0. The van der Waals surface area contributed by atoms with Crippen molar-refractivity contribution >= 4 is 10.8 Å². The zero-order chi connectivity index (χ0) is 22.7. The number of halogens is 3. The zero-order valence-corrected chi connectivity index (χ0v) is 18.0. The first-order valence-corrected chi connectivity index (χ1v) is 10.7. The molecule has 3 heteroatoms. The molecule has 0 bridgehead atoms. The Morgan fingerprint density at radius 2 is 1.53 bits per heavy atom. The van der Waals surface area contributed by atoms with E-state index in [0.717, 1.165) is 45.2 Å². The van der Waals surface area contributed by atoms with Crippen molar-refractivity contribution in [2.24, 2.45) is 0 Å². The van der Waals surface area contributed by atoms with E-state index in [1.165, 1.54) is 6.07 Å². The van der Waals surface area contributed by atoms with Crippen LogP contribution in [0.15, 0.2) is 78.9 Å². The van der Waals surface area contributed by atoms with Crippen LogP contribution in [0, 0.1) is 23.5 Å². The van der Waals surface area contributed by atoms with Crippen LogP contribution in [0.5, 0.6) is 0 Å². The average molecular weight is 428 g/mol. The molecule has 0 N–H and O–H groups in total. The Morgan fingerprint density at radius 1 is 0.781 bits per heavy atom. The van der Waals surface area contributed by atoms with Gasteiger partial charge in [-0.05, 0) is 65.4 Å². The molecule has 0 heterocycles. The molecule has 0 aliphatic carbocycles. The maximum Gasteiger partial charge on any atom is 0.160 e. The first-order valence-electron chi connectivity index (χ1n) is 10.7. The average Bonchev–Trinajstić information content (AvgIpc) is 2.79. The lowest BCUT2D eigenvalue weighted by Crippen LogP contribution is -2.04. The molecule has 160 valence electrons. The van der Waals surface area contributed by atoms with Gasteiger partial charge in [0.15, 0.2) is 11.6 Å². The number of benzene rings is 4. The lowest BCUT2D eigenvalue weighted by molar-refractivity contribution is 0.324. The fourth-order valence-electron chi connectivity index (χ4n) is 4.15. The third-order valence-electron chi connectivity index (χ3n) is 5.63. The first kappa shape index (κ1) is 21.7. The molecule has 32 heavy (non-hydrogen) atoms. The summed E-state index contributed by atoms with van der Waals surface area (Å²) >= 11 is 0. The molecule has 0 radical (unpaired) electrons. The highest BCUT2D eigenvalue weighted by atomic mass is 19.2. The fourth-order valence-corrected chi connectivity index (χ4v) is 4.15. The zero-order valence-electron chi connectivity index (χ0n) is 18.0. The molecule has 4 rings (SSSR count). The third-order valence-corrected chi connectivity index (χ3v) is 5.63. The summed E-state index contributed by atoms with van der Waals surface area (Å²) in [4.78, 5) is 0. The van der Waals surface area contributed by atoms with Crippen molar-refractivity contribution in [3.63, 3.8) is 0 Å². The summed E-state index contributed by atoms with van der Waals surface area (Å²) in [5.41, 5.74) is 4.21. The van der Waals surface area contributed by atoms with Crippen LogP contribution in [0.1, 0.15) is 42.9 Å². The van der Waals surface area contributed by atoms with Gasteiger partial charge in [-0.15, -0.1) is 0 Å². The van der Waals surface area contributed by atoms with E-state index < -0.39 is 17.8 Å². The summed E-state index contributed by atoms with van der Waals surface area (Å²) in [5.74, 6) is 4.34. The van der Waals surface area contributed by atoms with Gasteiger partial charge >= 0.3 is 0 Å². The molecule has 0 nitrogen and oxygen atoms in total. The minimum Gasteiger partial charge on any atom is -0.248 e. The minimum atomic E-state index is -0.921. The maximum absolute atomic E-state index is 13.8. The van der Waals surface area contributed by atoms with E-state index >= 15 is 0 Å². The second kappa shape index (κ2) is 9.32. The number of hydrogen-bond donors (Lipinski definition) is 0. The fraction of sp³-hybridized carbons (Fsp3) is 0.172. The largest absolute Gasteiger partial charge is 0.248 e. The molecule has 0 fully saturated rings. The van der Waals surface area contributed by atoms with Gasteiger partial charge in [0.05, 0.1) is 6.17 Å². The van der Waals surface area contributed by atoms with Crippen molar-refractivity contribution in [3.05, 3.63) is 107 Å². The van der Waals surface area contributed by atoms with E-state index in [-0.39, 0.29) is 5.92 Å². The van der Waals surface area contributed by atoms with Crippen molar-refractivity contribution in [1.82, 2.24) is 0 Å². The summed E-state index contributed by atoms with van der Waals surface area (Å²) in [5, 5.41) is 2.11. The number of alkyl halides is 1. The summed E-state index contributed by atoms with van der Waals surface area (Å²) in [6.45, 7) is 3.61. The van der Waals surface area contributed by atoms with E-state index in [0.29, 0.717) is 12.0 Å². The third kappa shape index (κ3) is 4.55. The predicted molar refractivity (Wildman–Crippen MR) is 125 cm³/mol. The smallest absolute Gasteiger partial charge is 0.160 e. The van der Waals surface area contributed by atoms with Crippen LogP contribution in [-0.2, 0) is 0 Å². The van der Waals surface area contributed by atoms with E-state index in [4.69, 9.17) is 0 Å². The number of fused-ring (bicyclic) bond motifs is 1. The molecule has 0 aliphatic rings. The topological polar surface area (TPSA) is 0 Å². The molecule has 4 aromatic rings. The lowest BCUT2D eigenvalue weighted by atomic mass is 9.85. The van der Waals surface area contributed by atoms with E-state index in [9.17, 15) is 13.2 Å². The van der Waals surface area contributed by atoms with Crippen molar-refractivity contribution in [2.75, 3.05) is 0 Å². The Balaban J connectivity index is 1.92. The molecule has 0 saturated heterocycles. The Labute approximate surface area is 186 Å². The predicted octanol–water partition coefficient (Wildman–Crippen LogP) is 8.04. The molecule has 2 unspecified atom stereocenters. The second-order valence-electron chi connectivity index (χ2n) is 8.09. The van der Waals surface area contributed by atoms with Crippen molar-refractivity contribution in [1.29, 1.82) is 0 Å². The van der Waals surface area contributed by atoms with Gasteiger partial charge in [-0.25, -0.2) is 13.2 Å². The molecule has 4 aromatic carbocycles. The van der Waals surface area contributed by atoms with Gasteiger partial charge in [-0.2, -0.15) is 0 Å². The Kier molecular flexibility index (Phi) is 6.32. The minimum absolute atomic E-state index is 0.0252. The van der Waals surface area contributed by atoms with Gasteiger partial charge in [0, 0.05) is 16.7 Å². The van der Waals surface area contributed by atoms with Gasteiger partial charge in [-0.3, -0.25) is 0 Å².